The van der Waals surface area contributed by atoms with Crippen LogP contribution in [0.2, 0.25) is 0 Å². The Bertz CT molecular complexity index is 905. The second-order valence-corrected chi connectivity index (χ2v) is 13.3. The summed E-state index contributed by atoms with van der Waals surface area (Å²) in [5.74, 6) is -0.202. The predicted octanol–water partition coefficient (Wildman–Crippen LogP) is 6.72. The van der Waals surface area contributed by atoms with E-state index in [-0.39, 0.29) is 12.5 Å². The minimum atomic E-state index is -1.57. The molecule has 49 heavy (non-hydrogen) atoms. The van der Waals surface area contributed by atoms with E-state index in [1.54, 1.807) is 6.08 Å². The number of nitrogens with one attached hydrogen (secondary N) is 1. The van der Waals surface area contributed by atoms with E-state index in [0.717, 1.165) is 70.6 Å². The van der Waals surface area contributed by atoms with Crippen molar-refractivity contribution in [3.63, 3.8) is 0 Å². The first-order valence-electron chi connectivity index (χ1n) is 19.4. The molecule has 7 atom stereocenters. The molecule has 0 aromatic heterocycles. The van der Waals surface area contributed by atoms with Crippen LogP contribution in [-0.2, 0) is 14.3 Å². The summed E-state index contributed by atoms with van der Waals surface area (Å²) in [5.41, 5.74) is 0. The molecule has 6 N–H and O–H groups in total. The third-order valence-corrected chi connectivity index (χ3v) is 8.83. The maximum atomic E-state index is 12.9. The van der Waals surface area contributed by atoms with Crippen molar-refractivity contribution in [2.45, 2.75) is 185 Å². The Morgan fingerprint density at radius 3 is 1.80 bits per heavy atom. The molecule has 1 amide bonds. The zero-order chi connectivity index (χ0) is 36.0. The molecule has 0 saturated carbocycles. The van der Waals surface area contributed by atoms with Gasteiger partial charge in [0.05, 0.1) is 25.4 Å². The molecule has 0 spiro atoms. The van der Waals surface area contributed by atoms with Gasteiger partial charge in [0.15, 0.2) is 6.29 Å². The molecule has 1 aliphatic heterocycles. The summed E-state index contributed by atoms with van der Waals surface area (Å²) >= 11 is 0. The van der Waals surface area contributed by atoms with Crippen LogP contribution in [-0.4, -0.2) is 87.5 Å². The van der Waals surface area contributed by atoms with E-state index in [9.17, 15) is 30.3 Å². The number of carbonyl (C=O) groups excluding carboxylic acids is 1. The topological polar surface area (TPSA) is 149 Å². The molecule has 1 aliphatic rings. The van der Waals surface area contributed by atoms with E-state index >= 15 is 0 Å². The summed E-state index contributed by atoms with van der Waals surface area (Å²) in [4.78, 5) is 12.9. The van der Waals surface area contributed by atoms with Crippen LogP contribution >= 0.6 is 0 Å². The summed E-state index contributed by atoms with van der Waals surface area (Å²) in [6, 6.07) is -0.827. The fourth-order valence-corrected chi connectivity index (χ4v) is 5.66. The lowest BCUT2D eigenvalue weighted by Gasteiger charge is -2.40. The first-order valence-corrected chi connectivity index (χ1v) is 19.4. The van der Waals surface area contributed by atoms with Crippen molar-refractivity contribution in [3.05, 3.63) is 48.6 Å². The Balaban J connectivity index is 2.47. The third-order valence-electron chi connectivity index (χ3n) is 8.83. The summed E-state index contributed by atoms with van der Waals surface area (Å²) in [6.45, 7) is 3.62. The predicted molar refractivity (Wildman–Crippen MR) is 198 cm³/mol. The van der Waals surface area contributed by atoms with Crippen LogP contribution in [0.5, 0.6) is 0 Å². The van der Waals surface area contributed by atoms with Crippen molar-refractivity contribution < 1.29 is 39.8 Å². The van der Waals surface area contributed by atoms with Gasteiger partial charge in [-0.05, 0) is 64.2 Å². The van der Waals surface area contributed by atoms with Crippen LogP contribution in [0.4, 0.5) is 0 Å². The number of amides is 1. The van der Waals surface area contributed by atoms with Crippen LogP contribution in [0.3, 0.4) is 0 Å². The molecule has 1 saturated heterocycles. The van der Waals surface area contributed by atoms with Gasteiger partial charge in [0, 0.05) is 6.42 Å². The molecular weight excluding hydrogens is 622 g/mol. The van der Waals surface area contributed by atoms with Gasteiger partial charge in [0.1, 0.15) is 24.4 Å². The van der Waals surface area contributed by atoms with Gasteiger partial charge in [-0.15, -0.1) is 0 Å². The third kappa shape index (κ3) is 22.6. The number of hydrogen-bond donors (Lipinski definition) is 6. The molecule has 0 aliphatic carbocycles. The average molecular weight is 694 g/mol. The number of rotatable bonds is 30. The molecule has 0 aromatic carbocycles. The average Bonchev–Trinajstić information content (AvgIpc) is 3.10. The summed E-state index contributed by atoms with van der Waals surface area (Å²) < 4.78 is 11.1. The number of unbranched alkanes of at least 4 members (excludes halogenated alkanes) is 14. The van der Waals surface area contributed by atoms with Crippen LogP contribution in [0.15, 0.2) is 48.6 Å². The van der Waals surface area contributed by atoms with Crippen molar-refractivity contribution in [2.75, 3.05) is 13.2 Å². The lowest BCUT2D eigenvalue weighted by molar-refractivity contribution is -0.302. The van der Waals surface area contributed by atoms with Crippen molar-refractivity contribution >= 4 is 5.91 Å². The van der Waals surface area contributed by atoms with E-state index in [4.69, 9.17) is 9.47 Å². The second-order valence-electron chi connectivity index (χ2n) is 13.3. The second kappa shape index (κ2) is 30.9. The number of ether oxygens (including phenoxy) is 2. The highest BCUT2D eigenvalue weighted by molar-refractivity contribution is 5.76. The Morgan fingerprint density at radius 2 is 1.20 bits per heavy atom. The van der Waals surface area contributed by atoms with E-state index in [2.05, 4.69) is 55.6 Å². The van der Waals surface area contributed by atoms with Gasteiger partial charge >= 0.3 is 0 Å². The van der Waals surface area contributed by atoms with Crippen LogP contribution in [0.1, 0.15) is 142 Å². The van der Waals surface area contributed by atoms with Gasteiger partial charge in [-0.2, -0.15) is 0 Å². The maximum Gasteiger partial charge on any atom is 0.220 e. The quantitative estimate of drug-likeness (QED) is 0.0359. The highest BCUT2D eigenvalue weighted by atomic mass is 16.7. The van der Waals surface area contributed by atoms with E-state index in [1.807, 2.05) is 6.08 Å². The first kappa shape index (κ1) is 45.2. The molecule has 0 aromatic rings. The lowest BCUT2D eigenvalue weighted by Crippen LogP contribution is -2.60. The van der Waals surface area contributed by atoms with Gasteiger partial charge in [0.2, 0.25) is 5.91 Å². The number of allylic oxidation sites excluding steroid dienone is 7. The number of aliphatic hydroxyl groups is 5. The summed E-state index contributed by atoms with van der Waals surface area (Å²) in [6.07, 6.45) is 30.1. The molecule has 0 radical (unpaired) electrons. The zero-order valence-electron chi connectivity index (χ0n) is 30.7. The van der Waals surface area contributed by atoms with Crippen molar-refractivity contribution in [1.82, 2.24) is 5.32 Å². The smallest absolute Gasteiger partial charge is 0.220 e. The van der Waals surface area contributed by atoms with Crippen molar-refractivity contribution in [3.8, 4) is 0 Å². The molecule has 1 rings (SSSR count). The normalized spacial score (nSPS) is 23.0. The zero-order valence-corrected chi connectivity index (χ0v) is 30.7. The maximum absolute atomic E-state index is 12.9. The molecule has 284 valence electrons. The Kier molecular flexibility index (Phi) is 28.5. The minimum Gasteiger partial charge on any atom is -0.394 e. The largest absolute Gasteiger partial charge is 0.394 e. The van der Waals surface area contributed by atoms with E-state index < -0.39 is 49.5 Å². The Hall–Kier alpha value is -1.85. The van der Waals surface area contributed by atoms with Gasteiger partial charge in [-0.3, -0.25) is 4.79 Å². The summed E-state index contributed by atoms with van der Waals surface area (Å²) in [7, 11) is 0. The van der Waals surface area contributed by atoms with Gasteiger partial charge < -0.3 is 40.3 Å². The van der Waals surface area contributed by atoms with Crippen LogP contribution in [0.25, 0.3) is 0 Å². The highest BCUT2D eigenvalue weighted by Gasteiger charge is 2.44. The Morgan fingerprint density at radius 1 is 0.673 bits per heavy atom. The standard InChI is InChI=1S/C40H71NO8/c1-3-5-7-9-11-13-15-16-17-18-20-22-24-26-28-30-36(44)41-33(32-48-40-39(47)38(46)37(45)35(31-42)49-40)34(43)29-27-25-23-21-19-14-12-10-8-6-4-2/h8,10,13,15,19,21,27,29,33-35,37-40,42-43,45-47H,3-7,9,11-12,14,16-18,20,22-26,28,30-32H2,1-2H3,(H,41,44)/b10-8+,15-13-,21-19+,29-27+. The van der Waals surface area contributed by atoms with Gasteiger partial charge in [-0.1, -0.05) is 120 Å². The molecular formula is C40H71NO8. The van der Waals surface area contributed by atoms with Crippen molar-refractivity contribution in [2.24, 2.45) is 0 Å². The summed E-state index contributed by atoms with van der Waals surface area (Å²) in [5, 5.41) is 53.8. The fourth-order valence-electron chi connectivity index (χ4n) is 5.66. The monoisotopic (exact) mass is 694 g/mol. The number of carbonyl (C=O) groups is 1. The van der Waals surface area contributed by atoms with E-state index in [1.165, 1.54) is 51.4 Å². The van der Waals surface area contributed by atoms with Crippen molar-refractivity contribution in [1.29, 1.82) is 0 Å². The lowest BCUT2D eigenvalue weighted by atomic mass is 9.99. The molecule has 1 fully saturated rings. The highest BCUT2D eigenvalue weighted by Crippen LogP contribution is 2.22. The molecule has 0 bridgehead atoms. The van der Waals surface area contributed by atoms with Gasteiger partial charge in [-0.25, -0.2) is 0 Å². The molecule has 9 nitrogen and oxygen atoms in total. The minimum absolute atomic E-state index is 0.202. The Labute approximate surface area is 297 Å². The number of aliphatic hydroxyl groups excluding tert-OH is 5. The fraction of sp³-hybridized carbons (Fsp3) is 0.775. The first-order chi connectivity index (χ1) is 23.8. The molecule has 7 unspecified atom stereocenters. The number of hydrogen-bond acceptors (Lipinski definition) is 8. The van der Waals surface area contributed by atoms with Crippen LogP contribution in [0, 0.1) is 0 Å². The van der Waals surface area contributed by atoms with E-state index in [0.29, 0.717) is 6.42 Å². The molecule has 9 heteroatoms. The van der Waals surface area contributed by atoms with Crippen LogP contribution < -0.4 is 5.32 Å². The SMILES string of the molecule is CCC/C=C/CC/C=C/CC/C=C/C(O)C(COC1OC(CO)C(O)C(O)C1O)NC(=O)CCCCCCCCC/C=C\CCCCCC. The molecule has 1 heterocycles. The van der Waals surface area contributed by atoms with Gasteiger partial charge in [0.25, 0.3) is 0 Å².